The summed E-state index contributed by atoms with van der Waals surface area (Å²) in [4.78, 5) is 28.3. The van der Waals surface area contributed by atoms with Crippen LogP contribution >= 0.6 is 11.6 Å². The van der Waals surface area contributed by atoms with Gasteiger partial charge in [-0.15, -0.1) is 48.0 Å². The number of carbonyl (C=O) groups is 2. The molecule has 0 radical (unpaired) electrons. The van der Waals surface area contributed by atoms with Crippen LogP contribution in [0, 0.1) is 51.5 Å². The van der Waals surface area contributed by atoms with Crippen molar-refractivity contribution in [2.45, 2.75) is 6.92 Å². The molecule has 0 unspecified atom stereocenters. The Morgan fingerprint density at radius 3 is 2.55 bits per heavy atom. The molecule has 0 aliphatic rings. The van der Waals surface area contributed by atoms with E-state index in [4.69, 9.17) is 11.6 Å². The first kappa shape index (κ1) is 26.6. The number of benzene rings is 1. The summed E-state index contributed by atoms with van der Waals surface area (Å²) in [5.41, 5.74) is 4.25. The average Bonchev–Trinajstić information content (AvgIpc) is 3.16. The van der Waals surface area contributed by atoms with Crippen molar-refractivity contribution in [1.82, 2.24) is 14.8 Å². The molecule has 0 aliphatic heterocycles. The molecular formula is C22H22ClN5O2U. The average molecular weight is 662 g/mol. The van der Waals surface area contributed by atoms with Crippen molar-refractivity contribution in [3.8, 4) is 11.1 Å². The number of aromatic nitrogens is 3. The standard InChI is InChI=1S/C21H19ClN5O2.CH3.U/c1-13(15-4-6-16(7-5-15)17-10-24-27(3)12-17)21(29)26-19-8-18(11-23-14(19)2)25-20(28)9-22;;/h4,6-8,10-12H,1,9H2,2-3H3,(H,25,28)(H,26,29);1H3;/q2*-1;+2. The minimum Gasteiger partial charge on any atom is -0.358 e. The van der Waals surface area contributed by atoms with Gasteiger partial charge in [0.2, 0.25) is 11.8 Å². The molecule has 31 heavy (non-hydrogen) atoms. The smallest absolute Gasteiger partial charge is 0.358 e. The van der Waals surface area contributed by atoms with Gasteiger partial charge in [-0.05, 0) is 24.1 Å². The zero-order valence-electron chi connectivity index (χ0n) is 17.5. The predicted molar refractivity (Wildman–Crippen MR) is 120 cm³/mol. The zero-order chi connectivity index (χ0) is 21.0. The maximum absolute atomic E-state index is 12.6. The second kappa shape index (κ2) is 11.8. The molecule has 9 heteroatoms. The van der Waals surface area contributed by atoms with Crippen LogP contribution in [0.25, 0.3) is 16.7 Å². The van der Waals surface area contributed by atoms with Gasteiger partial charge >= 0.3 is 31.1 Å². The number of pyridine rings is 1. The van der Waals surface area contributed by atoms with Crippen LogP contribution in [0.15, 0.2) is 49.4 Å². The Kier molecular flexibility index (Phi) is 10.2. The summed E-state index contributed by atoms with van der Waals surface area (Å²) < 4.78 is 1.72. The number of alkyl halides is 1. The fourth-order valence-corrected chi connectivity index (χ4v) is 2.67. The number of aryl methyl sites for hydroxylation is 2. The van der Waals surface area contributed by atoms with E-state index in [0.29, 0.717) is 22.6 Å². The fraction of sp³-hybridized carbons (Fsp3) is 0.136. The molecule has 2 N–H and O–H groups in total. The van der Waals surface area contributed by atoms with E-state index in [-0.39, 0.29) is 61.8 Å². The Bertz CT molecular complexity index is 1080. The first-order chi connectivity index (χ1) is 13.9. The van der Waals surface area contributed by atoms with E-state index in [0.717, 1.165) is 11.1 Å². The van der Waals surface area contributed by atoms with Crippen LogP contribution in [0.5, 0.6) is 0 Å². The summed E-state index contributed by atoms with van der Waals surface area (Å²) in [7, 11) is 1.85. The Balaban J connectivity index is 0.00000240. The minimum absolute atomic E-state index is 0. The number of nitrogens with zero attached hydrogens (tertiary/aromatic N) is 3. The van der Waals surface area contributed by atoms with Crippen molar-refractivity contribution < 1.29 is 40.7 Å². The van der Waals surface area contributed by atoms with Crippen LogP contribution < -0.4 is 10.6 Å². The van der Waals surface area contributed by atoms with Crippen molar-refractivity contribution in [3.63, 3.8) is 0 Å². The number of amides is 2. The van der Waals surface area contributed by atoms with E-state index < -0.39 is 0 Å². The Hall–Kier alpha value is -2.40. The molecule has 0 bridgehead atoms. The second-order valence-corrected chi connectivity index (χ2v) is 6.63. The van der Waals surface area contributed by atoms with Gasteiger partial charge in [-0.2, -0.15) is 5.10 Å². The van der Waals surface area contributed by atoms with Gasteiger partial charge < -0.3 is 18.1 Å². The van der Waals surface area contributed by atoms with E-state index in [1.54, 1.807) is 36.0 Å². The molecule has 2 heterocycles. The molecular weight excluding hydrogens is 640 g/mol. The van der Waals surface area contributed by atoms with E-state index in [1.807, 2.05) is 19.3 Å². The SMILES string of the molecule is C=C(C(=O)Nc1cc(NC(=O)CCl)cnc1C)c1[c-]cc(-c2cnn(C)c2)cc1.[CH3-].[U+2]. The maximum Gasteiger partial charge on any atom is 2.00 e. The maximum atomic E-state index is 12.6. The molecule has 158 valence electrons. The summed E-state index contributed by atoms with van der Waals surface area (Å²) in [6.07, 6.45) is 5.15. The van der Waals surface area contributed by atoms with Crippen molar-refractivity contribution in [2.24, 2.45) is 7.05 Å². The number of anilines is 2. The van der Waals surface area contributed by atoms with E-state index in [2.05, 4.69) is 33.4 Å². The zero-order valence-corrected chi connectivity index (χ0v) is 22.4. The molecule has 2 aromatic heterocycles. The van der Waals surface area contributed by atoms with Gasteiger partial charge in [-0.1, -0.05) is 5.56 Å². The quantitative estimate of drug-likeness (QED) is 0.239. The summed E-state index contributed by atoms with van der Waals surface area (Å²) in [5.74, 6) is -0.916. The molecule has 2 amide bonds. The van der Waals surface area contributed by atoms with Crippen molar-refractivity contribution in [1.29, 1.82) is 0 Å². The van der Waals surface area contributed by atoms with Crippen LogP contribution in [0.4, 0.5) is 11.4 Å². The fourth-order valence-electron chi connectivity index (χ4n) is 2.60. The topological polar surface area (TPSA) is 88.9 Å². The van der Waals surface area contributed by atoms with Gasteiger partial charge in [0.05, 0.1) is 23.3 Å². The van der Waals surface area contributed by atoms with E-state index in [9.17, 15) is 9.59 Å². The largest absolute Gasteiger partial charge is 2.00 e. The van der Waals surface area contributed by atoms with Crippen LogP contribution in [0.3, 0.4) is 0 Å². The Morgan fingerprint density at radius 2 is 1.97 bits per heavy atom. The molecule has 0 atom stereocenters. The number of halogens is 1. The monoisotopic (exact) mass is 661 g/mol. The van der Waals surface area contributed by atoms with Gasteiger partial charge in [-0.25, -0.2) is 0 Å². The molecule has 0 fully saturated rings. The number of nitrogens with one attached hydrogen (secondary N) is 2. The van der Waals surface area contributed by atoms with Crippen molar-refractivity contribution in [2.75, 3.05) is 16.5 Å². The molecule has 3 rings (SSSR count). The number of rotatable bonds is 6. The third-order valence-electron chi connectivity index (χ3n) is 4.19. The molecule has 7 nitrogen and oxygen atoms in total. The number of carbonyl (C=O) groups excluding carboxylic acids is 2. The number of hydrogen-bond acceptors (Lipinski definition) is 4. The summed E-state index contributed by atoms with van der Waals surface area (Å²) >= 11 is 5.50. The normalized spacial score (nSPS) is 9.77. The Morgan fingerprint density at radius 1 is 1.23 bits per heavy atom. The second-order valence-electron chi connectivity index (χ2n) is 6.37. The minimum atomic E-state index is -0.388. The molecule has 1 aromatic carbocycles. The summed E-state index contributed by atoms with van der Waals surface area (Å²) in [5, 5.41) is 9.51. The Labute approximate surface area is 210 Å². The van der Waals surface area contributed by atoms with Gasteiger partial charge in [-0.3, -0.25) is 19.3 Å². The van der Waals surface area contributed by atoms with Gasteiger partial charge in [0.25, 0.3) is 0 Å². The molecule has 3 aromatic rings. The first-order valence-corrected chi connectivity index (χ1v) is 9.24. The molecule has 0 aliphatic carbocycles. The van der Waals surface area contributed by atoms with Crippen molar-refractivity contribution in [3.05, 3.63) is 74.2 Å². The van der Waals surface area contributed by atoms with Crippen LogP contribution in [0.1, 0.15) is 11.3 Å². The predicted octanol–water partition coefficient (Wildman–Crippen LogP) is 3.87. The van der Waals surface area contributed by atoms with Gasteiger partial charge in [0.1, 0.15) is 5.88 Å². The third kappa shape index (κ3) is 6.79. The van der Waals surface area contributed by atoms with E-state index >= 15 is 0 Å². The van der Waals surface area contributed by atoms with Crippen LogP contribution in [-0.4, -0.2) is 32.5 Å². The molecule has 0 spiro atoms. The summed E-state index contributed by atoms with van der Waals surface area (Å²) in [6.45, 7) is 5.62. The van der Waals surface area contributed by atoms with Gasteiger partial charge in [0, 0.05) is 19.4 Å². The third-order valence-corrected chi connectivity index (χ3v) is 4.43. The first-order valence-electron chi connectivity index (χ1n) is 8.71. The molecule has 0 saturated heterocycles. The summed E-state index contributed by atoms with van der Waals surface area (Å²) in [6, 6.07) is 10.2. The van der Waals surface area contributed by atoms with Gasteiger partial charge in [0.15, 0.2) is 0 Å². The van der Waals surface area contributed by atoms with Crippen LogP contribution in [-0.2, 0) is 16.6 Å². The van der Waals surface area contributed by atoms with Crippen molar-refractivity contribution >= 4 is 40.4 Å². The number of hydrogen-bond donors (Lipinski definition) is 2. The molecule has 0 saturated carbocycles. The van der Waals surface area contributed by atoms with Crippen LogP contribution in [0.2, 0.25) is 0 Å². The van der Waals surface area contributed by atoms with E-state index in [1.165, 1.54) is 6.20 Å².